The Bertz CT molecular complexity index is 1310. The van der Waals surface area contributed by atoms with E-state index in [1.54, 1.807) is 0 Å². The highest BCUT2D eigenvalue weighted by Crippen LogP contribution is 2.70. The first-order valence-electron chi connectivity index (χ1n) is 23.5. The molecule has 0 bridgehead atoms. The van der Waals surface area contributed by atoms with Gasteiger partial charge in [-0.1, -0.05) is 41.5 Å². The molecule has 0 saturated heterocycles. The van der Waals surface area contributed by atoms with E-state index in [1.165, 1.54) is 51.4 Å². The van der Waals surface area contributed by atoms with Gasteiger partial charge in [-0.25, -0.2) is 0 Å². The lowest BCUT2D eigenvalue weighted by atomic mass is 9.43. The standard InChI is InChI=1S/2C24H40O4/c2*1-14(4-7-21(27)28)17-5-6-18-22-19(9-11-24(17,18)3)23(2)10-8-16(25)12-15(23)13-20(22)26/h2*14-20,22,25-26H,4-13H2,1-3H3,(H,27,28)/t14-,15+,16-,17-,18+,19+,20+,22+,23+,24-;14-,15+,16-,17-,18+,19+,20-,22+,23+,24-/m11/s1. The molecule has 0 amide bonds. The molecule has 0 radical (unpaired) electrons. The summed E-state index contributed by atoms with van der Waals surface area (Å²) in [5.74, 6) is 4.71. The molecule has 8 fully saturated rings. The van der Waals surface area contributed by atoms with Crippen molar-refractivity contribution in [2.45, 2.75) is 194 Å². The third-order valence-electron chi connectivity index (χ3n) is 20.5. The fraction of sp³-hybridized carbons (Fsp3) is 0.958. The molecule has 0 spiro atoms. The molecular formula is C48H80O8. The van der Waals surface area contributed by atoms with Crippen LogP contribution in [-0.2, 0) is 9.59 Å². The first kappa shape index (κ1) is 42.9. The summed E-state index contributed by atoms with van der Waals surface area (Å²) in [6.45, 7) is 14.3. The van der Waals surface area contributed by atoms with Crippen LogP contribution in [0.2, 0.25) is 0 Å². The van der Waals surface area contributed by atoms with E-state index >= 15 is 0 Å². The minimum Gasteiger partial charge on any atom is -0.481 e. The molecular weight excluding hydrogens is 705 g/mol. The maximum absolute atomic E-state index is 11.2. The molecule has 8 aliphatic rings. The van der Waals surface area contributed by atoms with E-state index in [-0.39, 0.29) is 58.9 Å². The number of carboxylic acids is 2. The van der Waals surface area contributed by atoms with Crippen molar-refractivity contribution >= 4 is 11.9 Å². The van der Waals surface area contributed by atoms with Crippen LogP contribution in [0.4, 0.5) is 0 Å². The lowest BCUT2D eigenvalue weighted by molar-refractivity contribution is -0.174. The van der Waals surface area contributed by atoms with Crippen molar-refractivity contribution in [2.75, 3.05) is 0 Å². The second kappa shape index (κ2) is 16.0. The molecule has 20 atom stereocenters. The SMILES string of the molecule is C[C@H](CCC(=O)O)[C@H]1CC[C@H]2[C@@H]3[C@@H](O)C[C@@H]4C[C@H](O)CC[C@]4(C)[C@H]3CC[C@]12C.C[C@H](CCC(=O)O)[C@H]1CC[C@H]2[C@@H]3[C@H](O)C[C@@H]4C[C@H](O)CC[C@]4(C)[C@H]3CC[C@]12C. The topological polar surface area (TPSA) is 156 Å². The predicted octanol–water partition coefficient (Wildman–Crippen LogP) is 8.96. The molecule has 8 nitrogen and oxygen atoms in total. The van der Waals surface area contributed by atoms with Gasteiger partial charge in [0.05, 0.1) is 24.4 Å². The molecule has 0 aliphatic heterocycles. The average Bonchev–Trinajstić information content (AvgIpc) is 3.68. The van der Waals surface area contributed by atoms with Gasteiger partial charge >= 0.3 is 11.9 Å². The van der Waals surface area contributed by atoms with Crippen molar-refractivity contribution in [1.29, 1.82) is 0 Å². The van der Waals surface area contributed by atoms with Crippen molar-refractivity contribution in [3.05, 3.63) is 0 Å². The quantitative estimate of drug-likeness (QED) is 0.143. The van der Waals surface area contributed by atoms with Crippen LogP contribution in [0.15, 0.2) is 0 Å². The van der Waals surface area contributed by atoms with E-state index in [0.29, 0.717) is 71.0 Å². The fourth-order valence-electron chi connectivity index (χ4n) is 17.5. The van der Waals surface area contributed by atoms with Crippen molar-refractivity contribution in [3.8, 4) is 0 Å². The third-order valence-corrected chi connectivity index (χ3v) is 20.5. The van der Waals surface area contributed by atoms with Gasteiger partial charge < -0.3 is 30.6 Å². The number of fused-ring (bicyclic) bond motifs is 10. The van der Waals surface area contributed by atoms with Gasteiger partial charge in [0.2, 0.25) is 0 Å². The second-order valence-corrected chi connectivity index (χ2v) is 22.7. The van der Waals surface area contributed by atoms with Crippen LogP contribution >= 0.6 is 0 Å². The summed E-state index contributed by atoms with van der Waals surface area (Å²) in [6, 6.07) is 0. The van der Waals surface area contributed by atoms with Gasteiger partial charge in [0, 0.05) is 12.8 Å². The summed E-state index contributed by atoms with van der Waals surface area (Å²) in [4.78, 5) is 22.1. The minimum absolute atomic E-state index is 0.179. The van der Waals surface area contributed by atoms with E-state index in [2.05, 4.69) is 41.5 Å². The van der Waals surface area contributed by atoms with Crippen molar-refractivity contribution in [2.24, 2.45) is 92.7 Å². The van der Waals surface area contributed by atoms with Crippen LogP contribution in [0, 0.1) is 92.7 Å². The molecule has 0 aromatic heterocycles. The molecule has 0 heterocycles. The minimum atomic E-state index is -0.684. The van der Waals surface area contributed by atoms with Crippen LogP contribution in [0.3, 0.4) is 0 Å². The van der Waals surface area contributed by atoms with Gasteiger partial charge in [0.1, 0.15) is 0 Å². The Hall–Kier alpha value is -1.22. The first-order chi connectivity index (χ1) is 26.3. The van der Waals surface area contributed by atoms with E-state index in [9.17, 15) is 30.0 Å². The zero-order valence-corrected chi connectivity index (χ0v) is 35.9. The number of aliphatic hydroxyl groups is 4. The summed E-state index contributed by atoms with van der Waals surface area (Å²) >= 11 is 0. The highest BCUT2D eigenvalue weighted by Gasteiger charge is 2.64. The lowest BCUT2D eigenvalue weighted by Crippen LogP contribution is -2.58. The monoisotopic (exact) mass is 785 g/mol. The van der Waals surface area contributed by atoms with Gasteiger partial charge in [0.25, 0.3) is 0 Å². The summed E-state index contributed by atoms with van der Waals surface area (Å²) in [6.07, 6.45) is 18.4. The number of hydrogen-bond acceptors (Lipinski definition) is 6. The van der Waals surface area contributed by atoms with Gasteiger partial charge in [-0.3, -0.25) is 9.59 Å². The van der Waals surface area contributed by atoms with Crippen molar-refractivity contribution in [1.82, 2.24) is 0 Å². The molecule has 8 rings (SSSR count). The molecule has 0 unspecified atom stereocenters. The zero-order chi connectivity index (χ0) is 40.5. The molecule has 8 saturated carbocycles. The Labute approximate surface area is 338 Å². The smallest absolute Gasteiger partial charge is 0.303 e. The molecule has 0 aromatic carbocycles. The Kier molecular flexibility index (Phi) is 12.3. The molecule has 56 heavy (non-hydrogen) atoms. The van der Waals surface area contributed by atoms with Crippen molar-refractivity contribution < 1.29 is 40.2 Å². The number of aliphatic carboxylic acids is 2. The zero-order valence-electron chi connectivity index (χ0n) is 35.9. The number of carboxylic acid groups (broad SMARTS) is 2. The van der Waals surface area contributed by atoms with E-state index in [4.69, 9.17) is 10.2 Å². The third kappa shape index (κ3) is 7.35. The average molecular weight is 785 g/mol. The van der Waals surface area contributed by atoms with Crippen LogP contribution in [0.5, 0.6) is 0 Å². The van der Waals surface area contributed by atoms with Crippen molar-refractivity contribution in [3.63, 3.8) is 0 Å². The number of rotatable bonds is 8. The van der Waals surface area contributed by atoms with Gasteiger partial charge in [-0.05, 0) is 208 Å². The van der Waals surface area contributed by atoms with Crippen LogP contribution in [0.25, 0.3) is 0 Å². The summed E-state index contributed by atoms with van der Waals surface area (Å²) in [5.41, 5.74) is 1.05. The first-order valence-corrected chi connectivity index (χ1v) is 23.5. The maximum Gasteiger partial charge on any atom is 0.303 e. The summed E-state index contributed by atoms with van der Waals surface area (Å²) in [5, 5.41) is 61.1. The van der Waals surface area contributed by atoms with E-state index in [1.807, 2.05) is 0 Å². The Morgan fingerprint density at radius 2 is 0.839 bits per heavy atom. The highest BCUT2D eigenvalue weighted by molar-refractivity contribution is 5.66. The van der Waals surface area contributed by atoms with E-state index < -0.39 is 11.9 Å². The predicted molar refractivity (Wildman–Crippen MR) is 217 cm³/mol. The lowest BCUT2D eigenvalue weighted by Gasteiger charge is -2.62. The molecule has 320 valence electrons. The Morgan fingerprint density at radius 3 is 1.20 bits per heavy atom. The highest BCUT2D eigenvalue weighted by atomic mass is 16.4. The normalized spacial score (nSPS) is 51.7. The Balaban J connectivity index is 0.000000172. The molecule has 6 N–H and O–H groups in total. The van der Waals surface area contributed by atoms with Crippen LogP contribution in [0.1, 0.15) is 170 Å². The second-order valence-electron chi connectivity index (χ2n) is 22.7. The number of carbonyl (C=O) groups is 2. The largest absolute Gasteiger partial charge is 0.481 e. The van der Waals surface area contributed by atoms with Gasteiger partial charge in [-0.2, -0.15) is 0 Å². The maximum atomic E-state index is 11.2. The molecule has 8 heteroatoms. The van der Waals surface area contributed by atoms with Crippen LogP contribution in [-0.4, -0.2) is 67.0 Å². The summed E-state index contributed by atoms with van der Waals surface area (Å²) < 4.78 is 0. The van der Waals surface area contributed by atoms with E-state index in [0.717, 1.165) is 64.2 Å². The van der Waals surface area contributed by atoms with Crippen LogP contribution < -0.4 is 0 Å². The number of hydrogen-bond donors (Lipinski definition) is 6. The number of aliphatic hydroxyl groups excluding tert-OH is 4. The fourth-order valence-corrected chi connectivity index (χ4v) is 17.5. The molecule has 0 aromatic rings. The Morgan fingerprint density at radius 1 is 0.500 bits per heavy atom. The molecule has 8 aliphatic carbocycles. The summed E-state index contributed by atoms with van der Waals surface area (Å²) in [7, 11) is 0. The van der Waals surface area contributed by atoms with Gasteiger partial charge in [-0.15, -0.1) is 0 Å². The van der Waals surface area contributed by atoms with Gasteiger partial charge in [0.15, 0.2) is 0 Å².